The van der Waals surface area contributed by atoms with E-state index in [0.717, 1.165) is 93.8 Å². The summed E-state index contributed by atoms with van der Waals surface area (Å²) in [6.45, 7) is 15.6. The van der Waals surface area contributed by atoms with E-state index in [4.69, 9.17) is 9.72 Å². The summed E-state index contributed by atoms with van der Waals surface area (Å²) in [7, 11) is 1.44. The van der Waals surface area contributed by atoms with Gasteiger partial charge in [0, 0.05) is 38.2 Å². The van der Waals surface area contributed by atoms with Crippen molar-refractivity contribution in [2.45, 2.75) is 98.4 Å². The van der Waals surface area contributed by atoms with Gasteiger partial charge in [-0.3, -0.25) is 9.59 Å². The number of anilines is 1. The molecule has 1 saturated heterocycles. The van der Waals surface area contributed by atoms with Crippen LogP contribution in [0.15, 0.2) is 18.2 Å². The van der Waals surface area contributed by atoms with Crippen molar-refractivity contribution in [3.05, 3.63) is 23.8 Å². The van der Waals surface area contributed by atoms with Crippen molar-refractivity contribution in [2.75, 3.05) is 51.7 Å². The maximum atomic E-state index is 13.7. The van der Waals surface area contributed by atoms with Crippen molar-refractivity contribution in [3.63, 3.8) is 0 Å². The second-order valence-electron chi connectivity index (χ2n) is 12.5. The Morgan fingerprint density at radius 2 is 1.66 bits per heavy atom. The molecule has 1 aromatic carbocycles. The molecule has 1 fully saturated rings. The minimum Gasteiger partial charge on any atom is -0.469 e. The van der Waals surface area contributed by atoms with Crippen molar-refractivity contribution in [2.24, 2.45) is 11.8 Å². The summed E-state index contributed by atoms with van der Waals surface area (Å²) < 4.78 is 7.02. The smallest absolute Gasteiger partial charge is 0.305 e. The molecule has 230 valence electrons. The van der Waals surface area contributed by atoms with E-state index in [1.807, 2.05) is 17.0 Å². The third-order valence-corrected chi connectivity index (χ3v) is 8.11. The van der Waals surface area contributed by atoms with E-state index in [1.54, 1.807) is 0 Å². The fourth-order valence-electron chi connectivity index (χ4n) is 5.45. The zero-order valence-corrected chi connectivity index (χ0v) is 26.4. The summed E-state index contributed by atoms with van der Waals surface area (Å²) in [6, 6.07) is 6.02. The van der Waals surface area contributed by atoms with Gasteiger partial charge >= 0.3 is 5.97 Å². The summed E-state index contributed by atoms with van der Waals surface area (Å²) in [5.74, 6) is 1.96. The van der Waals surface area contributed by atoms with E-state index in [-0.39, 0.29) is 11.9 Å². The highest BCUT2D eigenvalue weighted by molar-refractivity contribution is 5.97. The van der Waals surface area contributed by atoms with Gasteiger partial charge in [0.05, 0.1) is 18.1 Å². The van der Waals surface area contributed by atoms with Gasteiger partial charge in [0.25, 0.3) is 5.91 Å². The number of ether oxygens (including phenoxy) is 1. The number of carbonyl (C=O) groups excluding carboxylic acids is 2. The molecule has 1 aliphatic heterocycles. The number of benzene rings is 1. The Bertz CT molecular complexity index is 1060. The van der Waals surface area contributed by atoms with Crippen molar-refractivity contribution >= 4 is 28.9 Å². The van der Waals surface area contributed by atoms with E-state index in [9.17, 15) is 9.59 Å². The molecule has 0 spiro atoms. The summed E-state index contributed by atoms with van der Waals surface area (Å²) in [5, 5.41) is 3.56. The van der Waals surface area contributed by atoms with Gasteiger partial charge in [0.2, 0.25) is 5.95 Å². The molecule has 3 rings (SSSR count). The molecule has 2 aromatic rings. The fraction of sp³-hybridized carbons (Fsp3) is 0.727. The lowest BCUT2D eigenvalue weighted by molar-refractivity contribution is -0.140. The zero-order chi connectivity index (χ0) is 29.6. The van der Waals surface area contributed by atoms with Crippen LogP contribution in [-0.2, 0) is 16.1 Å². The predicted molar refractivity (Wildman–Crippen MR) is 168 cm³/mol. The van der Waals surface area contributed by atoms with Crippen molar-refractivity contribution in [1.82, 2.24) is 19.4 Å². The molecular weight excluding hydrogens is 514 g/mol. The maximum absolute atomic E-state index is 13.7. The lowest BCUT2D eigenvalue weighted by Gasteiger charge is -2.26. The molecule has 2 heterocycles. The zero-order valence-electron chi connectivity index (χ0n) is 26.4. The topological polar surface area (TPSA) is 79.7 Å². The van der Waals surface area contributed by atoms with Gasteiger partial charge in [-0.15, -0.1) is 0 Å². The van der Waals surface area contributed by atoms with Crippen LogP contribution in [0.2, 0.25) is 0 Å². The standard InChI is InChI=1S/C33H55N5O3/c1-26(2)16-23-37(24-17-27(3)4)32(40)28-14-15-29-30(25-28)38(22-12-21-36-19-10-7-11-20-36)33(35-29)34-18-9-6-8-13-31(39)41-5/h14-15,25-27H,6-13,16-24H2,1-5H3,(H,34,35). The Kier molecular flexibility index (Phi) is 13.9. The molecule has 1 N–H and O–H groups in total. The second kappa shape index (κ2) is 17.4. The molecule has 0 radical (unpaired) electrons. The average Bonchev–Trinajstić information content (AvgIpc) is 3.31. The number of methoxy groups -OCH3 is 1. The normalized spacial score (nSPS) is 14.2. The van der Waals surface area contributed by atoms with Gasteiger partial charge in [-0.25, -0.2) is 4.98 Å². The number of likely N-dealkylation sites (tertiary alicyclic amines) is 1. The molecule has 0 atom stereocenters. The number of piperidine rings is 1. The van der Waals surface area contributed by atoms with Crippen LogP contribution in [0, 0.1) is 11.8 Å². The van der Waals surface area contributed by atoms with Crippen LogP contribution in [0.5, 0.6) is 0 Å². The number of amides is 1. The highest BCUT2D eigenvalue weighted by Crippen LogP contribution is 2.24. The van der Waals surface area contributed by atoms with Gasteiger partial charge in [-0.2, -0.15) is 0 Å². The molecule has 0 bridgehead atoms. The molecule has 1 aromatic heterocycles. The van der Waals surface area contributed by atoms with E-state index in [0.29, 0.717) is 18.3 Å². The third-order valence-electron chi connectivity index (χ3n) is 8.11. The first-order chi connectivity index (χ1) is 19.8. The first-order valence-corrected chi connectivity index (χ1v) is 16.1. The van der Waals surface area contributed by atoms with Crippen LogP contribution in [-0.4, -0.2) is 77.6 Å². The highest BCUT2D eigenvalue weighted by atomic mass is 16.5. The Hall–Kier alpha value is -2.61. The van der Waals surface area contributed by atoms with E-state index < -0.39 is 0 Å². The number of hydrogen-bond donors (Lipinski definition) is 1. The number of aryl methyl sites for hydroxylation is 1. The number of imidazole rings is 1. The van der Waals surface area contributed by atoms with Crippen LogP contribution in [0.1, 0.15) is 102 Å². The number of carbonyl (C=O) groups is 2. The third kappa shape index (κ3) is 11.0. The first kappa shape index (κ1) is 32.9. The summed E-state index contributed by atoms with van der Waals surface area (Å²) in [5.41, 5.74) is 2.69. The fourth-order valence-corrected chi connectivity index (χ4v) is 5.45. The Balaban J connectivity index is 1.76. The van der Waals surface area contributed by atoms with Crippen LogP contribution in [0.25, 0.3) is 11.0 Å². The van der Waals surface area contributed by atoms with Crippen LogP contribution in [0.3, 0.4) is 0 Å². The molecule has 8 nitrogen and oxygen atoms in total. The van der Waals surface area contributed by atoms with E-state index >= 15 is 0 Å². The number of hydrogen-bond acceptors (Lipinski definition) is 6. The lowest BCUT2D eigenvalue weighted by atomic mass is 10.1. The monoisotopic (exact) mass is 569 g/mol. The number of unbranched alkanes of at least 4 members (excludes halogenated alkanes) is 2. The number of nitrogens with zero attached hydrogens (tertiary/aromatic N) is 4. The first-order valence-electron chi connectivity index (χ1n) is 16.1. The molecule has 0 saturated carbocycles. The largest absolute Gasteiger partial charge is 0.469 e. The van der Waals surface area contributed by atoms with Crippen LogP contribution >= 0.6 is 0 Å². The predicted octanol–water partition coefficient (Wildman–Crippen LogP) is 6.59. The van der Waals surface area contributed by atoms with E-state index in [1.165, 1.54) is 39.5 Å². The lowest BCUT2D eigenvalue weighted by Crippen LogP contribution is -2.34. The van der Waals surface area contributed by atoms with Crippen molar-refractivity contribution in [3.8, 4) is 0 Å². The number of fused-ring (bicyclic) bond motifs is 1. The van der Waals surface area contributed by atoms with Gasteiger partial charge in [-0.1, -0.05) is 40.5 Å². The molecular formula is C33H55N5O3. The van der Waals surface area contributed by atoms with Gasteiger partial charge < -0.3 is 24.4 Å². The molecule has 1 amide bonds. The summed E-state index contributed by atoms with van der Waals surface area (Å²) >= 11 is 0. The van der Waals surface area contributed by atoms with Crippen molar-refractivity contribution in [1.29, 1.82) is 0 Å². The average molecular weight is 570 g/mol. The number of aromatic nitrogens is 2. The van der Waals surface area contributed by atoms with Crippen LogP contribution < -0.4 is 5.32 Å². The quantitative estimate of drug-likeness (QED) is 0.161. The molecule has 0 aliphatic carbocycles. The minimum atomic E-state index is -0.147. The van der Waals surface area contributed by atoms with Crippen LogP contribution in [0.4, 0.5) is 5.95 Å². The van der Waals surface area contributed by atoms with Gasteiger partial charge in [0.1, 0.15) is 0 Å². The minimum absolute atomic E-state index is 0.120. The van der Waals surface area contributed by atoms with Gasteiger partial charge in [-0.05, 0) is 94.6 Å². The number of nitrogens with one attached hydrogen (secondary N) is 1. The Labute approximate surface area is 248 Å². The van der Waals surface area contributed by atoms with Crippen molar-refractivity contribution < 1.29 is 14.3 Å². The van der Waals surface area contributed by atoms with Gasteiger partial charge in [0.15, 0.2) is 0 Å². The van der Waals surface area contributed by atoms with E-state index in [2.05, 4.69) is 48.5 Å². The second-order valence-corrected chi connectivity index (χ2v) is 12.5. The highest BCUT2D eigenvalue weighted by Gasteiger charge is 2.19. The Morgan fingerprint density at radius 3 is 2.32 bits per heavy atom. The summed E-state index contributed by atoms with van der Waals surface area (Å²) in [4.78, 5) is 34.7. The number of rotatable bonds is 18. The SMILES string of the molecule is COC(=O)CCCCCNc1nc2ccc(C(=O)N(CCC(C)C)CCC(C)C)cc2n1CCCN1CCCCC1. The Morgan fingerprint density at radius 1 is 0.951 bits per heavy atom. The number of esters is 1. The summed E-state index contributed by atoms with van der Waals surface area (Å²) in [6.07, 6.45) is 10.2. The molecule has 8 heteroatoms. The molecule has 1 aliphatic rings. The maximum Gasteiger partial charge on any atom is 0.305 e. The molecule has 41 heavy (non-hydrogen) atoms. The molecule has 0 unspecified atom stereocenters.